The van der Waals surface area contributed by atoms with E-state index in [0.717, 1.165) is 27.8 Å². The number of hydrogen-bond acceptors (Lipinski definition) is 2. The number of carbonyl (C=O) groups excluding carboxylic acids is 2. The predicted molar refractivity (Wildman–Crippen MR) is 134 cm³/mol. The molecule has 4 nitrogen and oxygen atoms in total. The summed E-state index contributed by atoms with van der Waals surface area (Å²) < 4.78 is 0. The third-order valence-electron chi connectivity index (χ3n) is 5.58. The van der Waals surface area contributed by atoms with Crippen molar-refractivity contribution in [3.05, 3.63) is 107 Å². The molecule has 0 fully saturated rings. The van der Waals surface area contributed by atoms with Crippen LogP contribution in [0.15, 0.2) is 78.9 Å². The molecule has 0 heterocycles. The van der Waals surface area contributed by atoms with Crippen molar-refractivity contribution in [1.82, 2.24) is 10.2 Å². The van der Waals surface area contributed by atoms with Gasteiger partial charge in [-0.2, -0.15) is 0 Å². The first-order chi connectivity index (χ1) is 15.8. The molecule has 1 unspecified atom stereocenters. The van der Waals surface area contributed by atoms with Gasteiger partial charge >= 0.3 is 0 Å². The zero-order valence-electron chi connectivity index (χ0n) is 20.0. The van der Waals surface area contributed by atoms with E-state index in [1.165, 1.54) is 0 Å². The second kappa shape index (κ2) is 11.5. The Labute approximate surface area is 197 Å². The van der Waals surface area contributed by atoms with Gasteiger partial charge in [0.05, 0.1) is 6.42 Å². The van der Waals surface area contributed by atoms with Gasteiger partial charge in [0.25, 0.3) is 0 Å². The fourth-order valence-corrected chi connectivity index (χ4v) is 4.04. The van der Waals surface area contributed by atoms with E-state index in [1.54, 1.807) is 4.90 Å². The van der Waals surface area contributed by atoms with Gasteiger partial charge in [-0.1, -0.05) is 90.0 Å². The highest BCUT2D eigenvalue weighted by Gasteiger charge is 2.30. The Balaban J connectivity index is 1.97. The number of nitrogens with zero attached hydrogens (tertiary/aromatic N) is 1. The molecule has 0 saturated carbocycles. The highest BCUT2D eigenvalue weighted by molar-refractivity contribution is 5.89. The van der Waals surface area contributed by atoms with E-state index in [0.29, 0.717) is 13.0 Å². The molecule has 4 heteroatoms. The van der Waals surface area contributed by atoms with Crippen LogP contribution in [0.1, 0.15) is 41.7 Å². The molecule has 3 aromatic rings. The van der Waals surface area contributed by atoms with Crippen LogP contribution in [0.25, 0.3) is 0 Å². The molecule has 0 saturated heterocycles. The molecule has 0 spiro atoms. The van der Waals surface area contributed by atoms with E-state index >= 15 is 0 Å². The fraction of sp³-hybridized carbons (Fsp3) is 0.310. The van der Waals surface area contributed by atoms with Crippen molar-refractivity contribution in [2.24, 2.45) is 0 Å². The van der Waals surface area contributed by atoms with Crippen LogP contribution in [-0.2, 0) is 29.0 Å². The van der Waals surface area contributed by atoms with Crippen LogP contribution in [0, 0.1) is 13.8 Å². The van der Waals surface area contributed by atoms with Crippen LogP contribution in [-0.4, -0.2) is 28.8 Å². The Kier molecular flexibility index (Phi) is 8.42. The average molecular weight is 443 g/mol. The summed E-state index contributed by atoms with van der Waals surface area (Å²) in [5.74, 6) is -0.180. The SMILES string of the molecule is Cc1cccc(CC(=O)N(Cc2cccc(C)c2)C(Cc2ccccc2)C(=O)NC(C)C)c1. The molecule has 0 aromatic heterocycles. The van der Waals surface area contributed by atoms with E-state index < -0.39 is 6.04 Å². The van der Waals surface area contributed by atoms with Gasteiger partial charge in [0.1, 0.15) is 6.04 Å². The van der Waals surface area contributed by atoms with Crippen molar-refractivity contribution in [1.29, 1.82) is 0 Å². The number of aryl methyl sites for hydroxylation is 2. The lowest BCUT2D eigenvalue weighted by molar-refractivity contribution is -0.141. The van der Waals surface area contributed by atoms with Crippen molar-refractivity contribution >= 4 is 11.8 Å². The topological polar surface area (TPSA) is 49.4 Å². The van der Waals surface area contributed by atoms with Gasteiger partial charge in [-0.25, -0.2) is 0 Å². The van der Waals surface area contributed by atoms with Gasteiger partial charge in [-0.3, -0.25) is 9.59 Å². The number of rotatable bonds is 9. The van der Waals surface area contributed by atoms with Gasteiger partial charge < -0.3 is 10.2 Å². The summed E-state index contributed by atoms with van der Waals surface area (Å²) in [5.41, 5.74) is 5.24. The van der Waals surface area contributed by atoms with Crippen LogP contribution in [0.5, 0.6) is 0 Å². The third kappa shape index (κ3) is 7.31. The molecule has 1 atom stereocenters. The maximum atomic E-state index is 13.7. The number of benzene rings is 3. The van der Waals surface area contributed by atoms with E-state index in [4.69, 9.17) is 0 Å². The summed E-state index contributed by atoms with van der Waals surface area (Å²) in [4.78, 5) is 28.8. The minimum absolute atomic E-state index is 0.0107. The first-order valence-electron chi connectivity index (χ1n) is 11.6. The number of nitrogens with one attached hydrogen (secondary N) is 1. The van der Waals surface area contributed by atoms with Gasteiger partial charge in [0, 0.05) is 19.0 Å². The molecule has 33 heavy (non-hydrogen) atoms. The summed E-state index contributed by atoms with van der Waals surface area (Å²) in [7, 11) is 0. The summed E-state index contributed by atoms with van der Waals surface area (Å²) in [6, 6.07) is 25.4. The normalized spacial score (nSPS) is 11.8. The van der Waals surface area contributed by atoms with Gasteiger partial charge in [-0.15, -0.1) is 0 Å². The Morgan fingerprint density at radius 1 is 0.788 bits per heavy atom. The van der Waals surface area contributed by atoms with E-state index in [2.05, 4.69) is 11.4 Å². The molecule has 3 rings (SSSR count). The van der Waals surface area contributed by atoms with Gasteiger partial charge in [-0.05, 0) is 44.4 Å². The van der Waals surface area contributed by atoms with E-state index in [-0.39, 0.29) is 24.3 Å². The Hall–Kier alpha value is -3.40. The monoisotopic (exact) mass is 442 g/mol. The van der Waals surface area contributed by atoms with Crippen LogP contribution in [0.4, 0.5) is 0 Å². The van der Waals surface area contributed by atoms with Crippen molar-refractivity contribution in [3.63, 3.8) is 0 Å². The Morgan fingerprint density at radius 3 is 1.97 bits per heavy atom. The molecule has 1 N–H and O–H groups in total. The van der Waals surface area contributed by atoms with E-state index in [1.807, 2.05) is 100 Å². The molecule has 0 aliphatic rings. The summed E-state index contributed by atoms with van der Waals surface area (Å²) in [6.45, 7) is 8.32. The zero-order valence-corrected chi connectivity index (χ0v) is 20.0. The maximum absolute atomic E-state index is 13.7. The Morgan fingerprint density at radius 2 is 1.36 bits per heavy atom. The molecular formula is C29H34N2O2. The third-order valence-corrected chi connectivity index (χ3v) is 5.58. The number of carbonyl (C=O) groups is 2. The van der Waals surface area contributed by atoms with Crippen LogP contribution in [0.3, 0.4) is 0 Å². The smallest absolute Gasteiger partial charge is 0.243 e. The van der Waals surface area contributed by atoms with Crippen molar-refractivity contribution in [3.8, 4) is 0 Å². The largest absolute Gasteiger partial charge is 0.352 e. The molecule has 0 radical (unpaired) electrons. The second-order valence-electron chi connectivity index (χ2n) is 9.05. The lowest BCUT2D eigenvalue weighted by Crippen LogP contribution is -2.52. The van der Waals surface area contributed by atoms with Crippen molar-refractivity contribution in [2.45, 2.75) is 59.2 Å². The lowest BCUT2D eigenvalue weighted by atomic mass is 10.0. The first-order valence-corrected chi connectivity index (χ1v) is 11.6. The molecular weight excluding hydrogens is 408 g/mol. The minimum Gasteiger partial charge on any atom is -0.352 e. The van der Waals surface area contributed by atoms with Crippen molar-refractivity contribution < 1.29 is 9.59 Å². The molecule has 0 aliphatic heterocycles. The van der Waals surface area contributed by atoms with Crippen molar-refractivity contribution in [2.75, 3.05) is 0 Å². The standard InChI is InChI=1S/C29H34N2O2/c1-21(2)30-29(33)27(18-24-12-6-5-7-13-24)31(20-26-15-9-11-23(4)17-26)28(32)19-25-14-8-10-22(3)16-25/h5-17,21,27H,18-20H2,1-4H3,(H,30,33). The molecule has 0 bridgehead atoms. The maximum Gasteiger partial charge on any atom is 0.243 e. The number of amides is 2. The molecule has 0 aliphatic carbocycles. The Bertz CT molecular complexity index is 1080. The summed E-state index contributed by atoms with van der Waals surface area (Å²) in [5, 5.41) is 3.04. The molecule has 2 amide bonds. The van der Waals surface area contributed by atoms with Gasteiger partial charge in [0.2, 0.25) is 11.8 Å². The molecule has 172 valence electrons. The highest BCUT2D eigenvalue weighted by Crippen LogP contribution is 2.18. The van der Waals surface area contributed by atoms with Crippen LogP contribution >= 0.6 is 0 Å². The average Bonchev–Trinajstić information content (AvgIpc) is 2.76. The molecule has 3 aromatic carbocycles. The second-order valence-corrected chi connectivity index (χ2v) is 9.05. The van der Waals surface area contributed by atoms with Gasteiger partial charge in [0.15, 0.2) is 0 Å². The fourth-order valence-electron chi connectivity index (χ4n) is 4.04. The van der Waals surface area contributed by atoms with Crippen LogP contribution in [0.2, 0.25) is 0 Å². The lowest BCUT2D eigenvalue weighted by Gasteiger charge is -2.32. The quantitative estimate of drug-likeness (QED) is 0.506. The number of hydrogen-bond donors (Lipinski definition) is 1. The highest BCUT2D eigenvalue weighted by atomic mass is 16.2. The summed E-state index contributed by atoms with van der Waals surface area (Å²) in [6.07, 6.45) is 0.721. The zero-order chi connectivity index (χ0) is 23.8. The first kappa shape index (κ1) is 24.2. The summed E-state index contributed by atoms with van der Waals surface area (Å²) >= 11 is 0. The minimum atomic E-state index is -0.604. The van der Waals surface area contributed by atoms with E-state index in [9.17, 15) is 9.59 Å². The van der Waals surface area contributed by atoms with Crippen LogP contribution < -0.4 is 5.32 Å². The predicted octanol–water partition coefficient (Wildman–Crippen LogP) is 5.01.